The van der Waals surface area contributed by atoms with Crippen molar-refractivity contribution in [3.8, 4) is 0 Å². The Kier molecular flexibility index (Phi) is 6.08. The maximum absolute atomic E-state index is 9.45. The van der Waals surface area contributed by atoms with Crippen LogP contribution in [0.4, 0.5) is 5.82 Å². The predicted octanol–water partition coefficient (Wildman–Crippen LogP) is 2.83. The van der Waals surface area contributed by atoms with E-state index in [4.69, 9.17) is 14.7 Å². The normalized spacial score (nSPS) is 16.3. The number of thiophene rings is 1. The molecule has 0 saturated carbocycles. The van der Waals surface area contributed by atoms with Gasteiger partial charge in [0.1, 0.15) is 0 Å². The summed E-state index contributed by atoms with van der Waals surface area (Å²) in [5.74, 6) is 0.804. The second kappa shape index (κ2) is 7.98. The van der Waals surface area contributed by atoms with Gasteiger partial charge in [-0.2, -0.15) is 0 Å². The number of thioether (sulfide) groups is 1. The van der Waals surface area contributed by atoms with Crippen molar-refractivity contribution in [2.75, 3.05) is 31.2 Å². The Balaban J connectivity index is 2.16. The predicted molar refractivity (Wildman–Crippen MR) is 107 cm³/mol. The largest absolute Gasteiger partial charge is 0.395 e. The topological polar surface area (TPSA) is 78.7 Å². The molecule has 6 nitrogen and oxygen atoms in total. The molecule has 0 aliphatic carbocycles. The second-order valence-corrected chi connectivity index (χ2v) is 9.99. The third kappa shape index (κ3) is 4.14. The lowest BCUT2D eigenvalue weighted by molar-refractivity contribution is -0.0383. The summed E-state index contributed by atoms with van der Waals surface area (Å²) >= 11 is 3.34. The van der Waals surface area contributed by atoms with Crippen molar-refractivity contribution in [1.29, 1.82) is 0 Å². The summed E-state index contributed by atoms with van der Waals surface area (Å²) in [6.07, 6.45) is 0.857. The maximum atomic E-state index is 9.45. The van der Waals surface area contributed by atoms with Gasteiger partial charge in [-0.05, 0) is 13.8 Å². The minimum Gasteiger partial charge on any atom is -0.395 e. The number of aliphatic hydroxyl groups excluding tert-OH is 2. The van der Waals surface area contributed by atoms with E-state index in [9.17, 15) is 10.2 Å². The highest BCUT2D eigenvalue weighted by molar-refractivity contribution is 7.99. The Morgan fingerprint density at radius 1 is 1.23 bits per heavy atom. The third-order valence-corrected chi connectivity index (χ3v) is 6.33. The minimum atomic E-state index is -0.174. The molecule has 0 bridgehead atoms. The van der Waals surface area contributed by atoms with E-state index >= 15 is 0 Å². The fourth-order valence-corrected chi connectivity index (χ4v) is 5.26. The highest BCUT2D eigenvalue weighted by Crippen LogP contribution is 2.42. The highest BCUT2D eigenvalue weighted by Gasteiger charge is 2.31. The average molecular weight is 398 g/mol. The molecule has 0 spiro atoms. The van der Waals surface area contributed by atoms with Crippen LogP contribution in [-0.4, -0.2) is 57.3 Å². The zero-order valence-electron chi connectivity index (χ0n) is 15.8. The van der Waals surface area contributed by atoms with E-state index in [1.165, 1.54) is 4.88 Å². The number of nitrogens with zero attached hydrogens (tertiary/aromatic N) is 3. The van der Waals surface area contributed by atoms with Crippen LogP contribution in [0.25, 0.3) is 10.2 Å². The highest BCUT2D eigenvalue weighted by atomic mass is 32.2. The number of hydrogen-bond acceptors (Lipinski definition) is 8. The monoisotopic (exact) mass is 397 g/mol. The molecule has 3 rings (SSSR count). The van der Waals surface area contributed by atoms with Gasteiger partial charge in [0.2, 0.25) is 0 Å². The van der Waals surface area contributed by atoms with Gasteiger partial charge in [-0.25, -0.2) is 9.97 Å². The molecular weight excluding hydrogens is 370 g/mol. The molecule has 2 N–H and O–H groups in total. The molecule has 0 saturated heterocycles. The number of rotatable bonds is 7. The van der Waals surface area contributed by atoms with Crippen molar-refractivity contribution in [3.63, 3.8) is 0 Å². The quantitative estimate of drug-likeness (QED) is 0.549. The van der Waals surface area contributed by atoms with Gasteiger partial charge in [0.15, 0.2) is 11.0 Å². The number of anilines is 1. The standard InChI is InChI=1S/C18H27N3O3S2/c1-11(2)25-17-19-14-12-10-24-18(3,4)9-13(12)26-15(14)16(20-17)21(5-7-22)6-8-23/h11,22-23H,5-10H2,1-4H3. The molecule has 0 unspecified atom stereocenters. The number of ether oxygens (including phenoxy) is 1. The molecule has 0 fully saturated rings. The zero-order valence-corrected chi connectivity index (χ0v) is 17.4. The van der Waals surface area contributed by atoms with Gasteiger partial charge >= 0.3 is 0 Å². The summed E-state index contributed by atoms with van der Waals surface area (Å²) in [5.41, 5.74) is 1.94. The van der Waals surface area contributed by atoms with Gasteiger partial charge in [0.05, 0.1) is 35.6 Å². The third-order valence-electron chi connectivity index (χ3n) is 4.25. The first-order valence-corrected chi connectivity index (χ1v) is 10.6. The molecular formula is C18H27N3O3S2. The first-order valence-electron chi connectivity index (χ1n) is 8.94. The maximum Gasteiger partial charge on any atom is 0.190 e. The number of hydrogen-bond donors (Lipinski definition) is 2. The number of aromatic nitrogens is 2. The Morgan fingerprint density at radius 2 is 1.92 bits per heavy atom. The van der Waals surface area contributed by atoms with Gasteiger partial charge in [-0.1, -0.05) is 25.6 Å². The summed E-state index contributed by atoms with van der Waals surface area (Å²) in [6.45, 7) is 9.90. The van der Waals surface area contributed by atoms with Gasteiger partial charge < -0.3 is 19.8 Å². The van der Waals surface area contributed by atoms with Crippen LogP contribution >= 0.6 is 23.1 Å². The molecule has 3 heterocycles. The van der Waals surface area contributed by atoms with Crippen LogP contribution in [0.2, 0.25) is 0 Å². The Morgan fingerprint density at radius 3 is 2.54 bits per heavy atom. The lowest BCUT2D eigenvalue weighted by atomic mass is 9.98. The summed E-state index contributed by atoms with van der Waals surface area (Å²) in [6, 6.07) is 0. The summed E-state index contributed by atoms with van der Waals surface area (Å²) in [5, 5.41) is 20.0. The van der Waals surface area contributed by atoms with Gasteiger partial charge in [-0.15, -0.1) is 11.3 Å². The van der Waals surface area contributed by atoms with Crippen molar-refractivity contribution in [1.82, 2.24) is 9.97 Å². The number of aliphatic hydroxyl groups is 2. The average Bonchev–Trinajstić information content (AvgIpc) is 2.89. The van der Waals surface area contributed by atoms with Crippen LogP contribution in [0.15, 0.2) is 5.16 Å². The summed E-state index contributed by atoms with van der Waals surface area (Å²) in [7, 11) is 0. The molecule has 1 aliphatic rings. The first kappa shape index (κ1) is 19.8. The fourth-order valence-electron chi connectivity index (χ4n) is 3.07. The van der Waals surface area contributed by atoms with Crippen LogP contribution in [0.5, 0.6) is 0 Å². The molecule has 1 aliphatic heterocycles. The van der Waals surface area contributed by atoms with Crippen LogP contribution in [-0.2, 0) is 17.8 Å². The summed E-state index contributed by atoms with van der Waals surface area (Å²) in [4.78, 5) is 12.9. The molecule has 0 radical (unpaired) electrons. The molecule has 0 atom stereocenters. The lowest BCUT2D eigenvalue weighted by Crippen LogP contribution is -2.31. The van der Waals surface area contributed by atoms with E-state index < -0.39 is 0 Å². The van der Waals surface area contributed by atoms with Crippen LogP contribution in [0.1, 0.15) is 38.1 Å². The second-order valence-electron chi connectivity index (χ2n) is 7.34. The fraction of sp³-hybridized carbons (Fsp3) is 0.667. The van der Waals surface area contributed by atoms with Crippen molar-refractivity contribution < 1.29 is 14.9 Å². The molecule has 26 heavy (non-hydrogen) atoms. The molecule has 0 amide bonds. The van der Waals surface area contributed by atoms with E-state index in [1.807, 2.05) is 4.90 Å². The minimum absolute atomic E-state index is 0.0133. The van der Waals surface area contributed by atoms with Crippen molar-refractivity contribution in [2.24, 2.45) is 0 Å². The summed E-state index contributed by atoms with van der Waals surface area (Å²) < 4.78 is 7.04. The number of fused-ring (bicyclic) bond motifs is 3. The van der Waals surface area contributed by atoms with Gasteiger partial charge in [0.25, 0.3) is 0 Å². The van der Waals surface area contributed by atoms with Crippen molar-refractivity contribution >= 4 is 39.1 Å². The van der Waals surface area contributed by atoms with Crippen LogP contribution in [0.3, 0.4) is 0 Å². The molecule has 8 heteroatoms. The van der Waals surface area contributed by atoms with E-state index in [-0.39, 0.29) is 18.8 Å². The SMILES string of the molecule is CC(C)Sc1nc(N(CCO)CCO)c2sc3c(c2n1)COC(C)(C)C3. The van der Waals surface area contributed by atoms with E-state index in [2.05, 4.69) is 27.7 Å². The molecule has 2 aromatic rings. The van der Waals surface area contributed by atoms with Crippen molar-refractivity contribution in [3.05, 3.63) is 10.4 Å². The van der Waals surface area contributed by atoms with Crippen LogP contribution in [0, 0.1) is 0 Å². The zero-order chi connectivity index (χ0) is 18.9. The Labute approximate surface area is 162 Å². The lowest BCUT2D eigenvalue weighted by Gasteiger charge is -2.29. The van der Waals surface area contributed by atoms with Crippen LogP contribution < -0.4 is 4.90 Å². The van der Waals surface area contributed by atoms with E-state index in [1.54, 1.807) is 23.1 Å². The van der Waals surface area contributed by atoms with E-state index in [0.29, 0.717) is 24.9 Å². The Hall–Kier alpha value is -0.930. The smallest absolute Gasteiger partial charge is 0.190 e. The van der Waals surface area contributed by atoms with E-state index in [0.717, 1.165) is 33.2 Å². The molecule has 2 aromatic heterocycles. The van der Waals surface area contributed by atoms with Gasteiger partial charge in [0, 0.05) is 35.2 Å². The molecule has 144 valence electrons. The Bertz CT molecular complexity index is 771. The van der Waals surface area contributed by atoms with Crippen molar-refractivity contribution in [2.45, 2.75) is 56.7 Å². The first-order chi connectivity index (χ1) is 12.3. The van der Waals surface area contributed by atoms with Gasteiger partial charge in [-0.3, -0.25) is 0 Å². The molecule has 0 aromatic carbocycles.